The number of carbonyl (C=O) groups excluding carboxylic acids is 2. The number of nitrogens with zero attached hydrogens (tertiary/aromatic N) is 2. The van der Waals surface area contributed by atoms with E-state index in [4.69, 9.17) is 0 Å². The molecule has 7 heteroatoms. The highest BCUT2D eigenvalue weighted by Gasteiger charge is 2.17. The Hall–Kier alpha value is -4.13. The highest BCUT2D eigenvalue weighted by atomic mass is 19.1. The molecule has 0 fully saturated rings. The molecule has 1 unspecified atom stereocenters. The quantitative estimate of drug-likeness (QED) is 0.503. The van der Waals surface area contributed by atoms with Gasteiger partial charge in [-0.3, -0.25) is 19.6 Å². The maximum Gasteiger partial charge on any atom is 0.255 e. The fourth-order valence-electron chi connectivity index (χ4n) is 3.25. The minimum absolute atomic E-state index is 0.114. The predicted molar refractivity (Wildman–Crippen MR) is 116 cm³/mol. The van der Waals surface area contributed by atoms with E-state index < -0.39 is 17.8 Å². The Kier molecular flexibility index (Phi) is 5.66. The summed E-state index contributed by atoms with van der Waals surface area (Å²) in [6.45, 7) is 1.81. The highest BCUT2D eigenvalue weighted by molar-refractivity contribution is 6.05. The van der Waals surface area contributed by atoms with Gasteiger partial charge in [-0.1, -0.05) is 30.3 Å². The molecule has 4 rings (SSSR count). The van der Waals surface area contributed by atoms with E-state index in [1.807, 2.05) is 19.1 Å². The van der Waals surface area contributed by atoms with Crippen LogP contribution in [-0.2, 0) is 0 Å². The number of fused-ring (bicyclic) bond motifs is 1. The maximum absolute atomic E-state index is 13.9. The highest BCUT2D eigenvalue weighted by Crippen LogP contribution is 2.21. The number of rotatable bonds is 5. The first-order valence-corrected chi connectivity index (χ1v) is 9.69. The Labute approximate surface area is 178 Å². The van der Waals surface area contributed by atoms with Gasteiger partial charge < -0.3 is 10.6 Å². The molecule has 1 atom stereocenters. The average molecular weight is 414 g/mol. The topological polar surface area (TPSA) is 84.0 Å². The van der Waals surface area contributed by atoms with Gasteiger partial charge in [0.15, 0.2) is 0 Å². The molecule has 2 amide bonds. The van der Waals surface area contributed by atoms with Crippen LogP contribution in [0.3, 0.4) is 0 Å². The molecular weight excluding hydrogens is 395 g/mol. The molecule has 0 spiro atoms. The lowest BCUT2D eigenvalue weighted by Gasteiger charge is -2.16. The van der Waals surface area contributed by atoms with Crippen LogP contribution >= 0.6 is 0 Å². The van der Waals surface area contributed by atoms with E-state index in [-0.39, 0.29) is 11.5 Å². The van der Waals surface area contributed by atoms with Crippen LogP contribution in [0, 0.1) is 5.82 Å². The smallest absolute Gasteiger partial charge is 0.255 e. The first-order valence-electron chi connectivity index (χ1n) is 9.69. The molecule has 154 valence electrons. The van der Waals surface area contributed by atoms with Crippen LogP contribution in [0.2, 0.25) is 0 Å². The number of anilines is 1. The van der Waals surface area contributed by atoms with E-state index >= 15 is 0 Å². The fourth-order valence-corrected chi connectivity index (χ4v) is 3.25. The Morgan fingerprint density at radius 2 is 1.68 bits per heavy atom. The van der Waals surface area contributed by atoms with Crippen LogP contribution < -0.4 is 10.6 Å². The minimum Gasteiger partial charge on any atom is -0.345 e. The molecule has 0 saturated carbocycles. The van der Waals surface area contributed by atoms with Gasteiger partial charge in [0.1, 0.15) is 11.3 Å². The van der Waals surface area contributed by atoms with Crippen LogP contribution in [0.5, 0.6) is 0 Å². The number of benzene rings is 3. The summed E-state index contributed by atoms with van der Waals surface area (Å²) in [5.41, 5.74) is 2.70. The predicted octanol–water partition coefficient (Wildman–Crippen LogP) is 4.51. The second-order valence-corrected chi connectivity index (χ2v) is 7.02. The van der Waals surface area contributed by atoms with Gasteiger partial charge in [-0.25, -0.2) is 4.39 Å². The van der Waals surface area contributed by atoms with E-state index in [9.17, 15) is 14.0 Å². The van der Waals surface area contributed by atoms with Gasteiger partial charge in [-0.15, -0.1) is 0 Å². The Morgan fingerprint density at radius 1 is 0.903 bits per heavy atom. The van der Waals surface area contributed by atoms with Crippen LogP contribution in [-0.4, -0.2) is 21.8 Å². The number of amides is 2. The van der Waals surface area contributed by atoms with Gasteiger partial charge in [-0.2, -0.15) is 0 Å². The SMILES string of the molecule is CC(NC(=O)c1cc(F)cc2nccnc12)c1cccc(NC(=O)c2ccccc2)c1. The second kappa shape index (κ2) is 8.71. The lowest BCUT2D eigenvalue weighted by molar-refractivity contribution is 0.0940. The van der Waals surface area contributed by atoms with E-state index in [0.29, 0.717) is 22.3 Å². The summed E-state index contributed by atoms with van der Waals surface area (Å²) in [7, 11) is 0. The van der Waals surface area contributed by atoms with Gasteiger partial charge >= 0.3 is 0 Å². The molecule has 6 nitrogen and oxygen atoms in total. The number of carbonyl (C=O) groups is 2. The van der Waals surface area contributed by atoms with Crippen molar-refractivity contribution in [1.29, 1.82) is 0 Å². The van der Waals surface area contributed by atoms with E-state index in [0.717, 1.165) is 11.6 Å². The van der Waals surface area contributed by atoms with Crippen molar-refractivity contribution in [1.82, 2.24) is 15.3 Å². The zero-order chi connectivity index (χ0) is 21.8. The normalized spacial score (nSPS) is 11.7. The van der Waals surface area contributed by atoms with Gasteiger partial charge in [0.2, 0.25) is 0 Å². The van der Waals surface area contributed by atoms with Crippen molar-refractivity contribution in [2.75, 3.05) is 5.32 Å². The standard InChI is InChI=1S/C24H19FN4O2/c1-15(28-24(31)20-13-18(25)14-21-22(20)27-11-10-26-21)17-8-5-9-19(12-17)29-23(30)16-6-3-2-4-7-16/h2-15H,1H3,(H,28,31)(H,29,30). The van der Waals surface area contributed by atoms with Crippen molar-refractivity contribution in [3.8, 4) is 0 Å². The van der Waals surface area contributed by atoms with Crippen LogP contribution in [0.15, 0.2) is 79.1 Å². The summed E-state index contributed by atoms with van der Waals surface area (Å²) in [5, 5.41) is 5.71. The second-order valence-electron chi connectivity index (χ2n) is 7.02. The van der Waals surface area contributed by atoms with Gasteiger partial charge in [0, 0.05) is 29.7 Å². The molecule has 2 N–H and O–H groups in total. The van der Waals surface area contributed by atoms with Crippen LogP contribution in [0.25, 0.3) is 11.0 Å². The molecule has 0 bridgehead atoms. The molecule has 3 aromatic carbocycles. The number of hydrogen-bond donors (Lipinski definition) is 2. The molecule has 0 aliphatic heterocycles. The molecule has 0 saturated heterocycles. The first-order chi connectivity index (χ1) is 15.0. The Balaban J connectivity index is 1.52. The summed E-state index contributed by atoms with van der Waals surface area (Å²) in [6.07, 6.45) is 2.90. The molecular formula is C24H19FN4O2. The third-order valence-electron chi connectivity index (χ3n) is 4.81. The van der Waals surface area contributed by atoms with Crippen LogP contribution in [0.4, 0.5) is 10.1 Å². The average Bonchev–Trinajstić information content (AvgIpc) is 2.79. The summed E-state index contributed by atoms with van der Waals surface area (Å²) < 4.78 is 13.9. The van der Waals surface area contributed by atoms with Crippen molar-refractivity contribution < 1.29 is 14.0 Å². The Morgan fingerprint density at radius 3 is 2.48 bits per heavy atom. The van der Waals surface area contributed by atoms with Crippen LogP contribution in [0.1, 0.15) is 39.2 Å². The summed E-state index contributed by atoms with van der Waals surface area (Å²) in [5.74, 6) is -1.24. The van der Waals surface area contributed by atoms with Gasteiger partial charge in [0.25, 0.3) is 11.8 Å². The van der Waals surface area contributed by atoms with Crippen molar-refractivity contribution >= 4 is 28.5 Å². The molecule has 31 heavy (non-hydrogen) atoms. The van der Waals surface area contributed by atoms with Gasteiger partial charge in [0.05, 0.1) is 17.1 Å². The summed E-state index contributed by atoms with van der Waals surface area (Å²) >= 11 is 0. The molecule has 0 aliphatic rings. The third-order valence-corrected chi connectivity index (χ3v) is 4.81. The van der Waals surface area contributed by atoms with E-state index in [2.05, 4.69) is 20.6 Å². The van der Waals surface area contributed by atoms with E-state index in [1.165, 1.54) is 18.5 Å². The molecule has 4 aromatic rings. The third kappa shape index (κ3) is 4.56. The Bertz CT molecular complexity index is 1260. The molecule has 0 aliphatic carbocycles. The summed E-state index contributed by atoms with van der Waals surface area (Å²) in [6, 6.07) is 18.1. The van der Waals surface area contributed by atoms with Crippen molar-refractivity contribution in [2.45, 2.75) is 13.0 Å². The number of hydrogen-bond acceptors (Lipinski definition) is 4. The van der Waals surface area contributed by atoms with Crippen molar-refractivity contribution in [2.24, 2.45) is 0 Å². The molecule has 1 aromatic heterocycles. The minimum atomic E-state index is -0.559. The molecule has 0 radical (unpaired) electrons. The monoisotopic (exact) mass is 414 g/mol. The zero-order valence-corrected chi connectivity index (χ0v) is 16.7. The maximum atomic E-state index is 13.9. The van der Waals surface area contributed by atoms with Gasteiger partial charge in [-0.05, 0) is 42.8 Å². The number of halogens is 1. The first kappa shape index (κ1) is 20.2. The zero-order valence-electron chi connectivity index (χ0n) is 16.7. The largest absolute Gasteiger partial charge is 0.345 e. The van der Waals surface area contributed by atoms with Crippen molar-refractivity contribution in [3.63, 3.8) is 0 Å². The molecule has 1 heterocycles. The van der Waals surface area contributed by atoms with E-state index in [1.54, 1.807) is 42.5 Å². The number of nitrogens with one attached hydrogen (secondary N) is 2. The lowest BCUT2D eigenvalue weighted by Crippen LogP contribution is -2.27. The summed E-state index contributed by atoms with van der Waals surface area (Å²) in [4.78, 5) is 33.4. The lowest BCUT2D eigenvalue weighted by atomic mass is 10.1. The number of aromatic nitrogens is 2. The fraction of sp³-hybridized carbons (Fsp3) is 0.0833. The van der Waals surface area contributed by atoms with Crippen molar-refractivity contribution in [3.05, 3.63) is 102 Å².